The Morgan fingerprint density at radius 1 is 0.964 bits per heavy atom. The topological polar surface area (TPSA) is 97.2 Å². The Morgan fingerprint density at radius 2 is 1.57 bits per heavy atom. The summed E-state index contributed by atoms with van der Waals surface area (Å²) in [5.41, 5.74) is 2.64. The van der Waals surface area contributed by atoms with Gasteiger partial charge in [-0.15, -0.1) is 0 Å². The van der Waals surface area contributed by atoms with Gasteiger partial charge >= 0.3 is 11.9 Å². The van der Waals surface area contributed by atoms with E-state index in [-0.39, 0.29) is 0 Å². The monoisotopic (exact) mass is 386 g/mol. The number of benzene rings is 1. The molecule has 150 valence electrons. The molecule has 0 aliphatic carbocycles. The first-order valence-electron chi connectivity index (χ1n) is 8.97. The molecule has 28 heavy (non-hydrogen) atoms. The normalized spacial score (nSPS) is 14.0. The third-order valence-electron chi connectivity index (χ3n) is 4.39. The number of pyridine rings is 1. The van der Waals surface area contributed by atoms with Crippen molar-refractivity contribution in [3.05, 3.63) is 54.2 Å². The van der Waals surface area contributed by atoms with Gasteiger partial charge in [-0.05, 0) is 29.8 Å². The van der Waals surface area contributed by atoms with Gasteiger partial charge in [0.25, 0.3) is 0 Å². The molecule has 2 aromatic rings. The van der Waals surface area contributed by atoms with Gasteiger partial charge < -0.3 is 20.0 Å². The van der Waals surface area contributed by atoms with Crippen LogP contribution >= 0.6 is 0 Å². The van der Waals surface area contributed by atoms with Crippen molar-refractivity contribution in [2.75, 3.05) is 50.1 Å². The SMILES string of the molecule is CN(C)c1ccc(CN2CCN(c3ccccn3)CC2)cc1.O=C(O)C(=O)O. The largest absolute Gasteiger partial charge is 0.473 e. The van der Waals surface area contributed by atoms with E-state index in [0.29, 0.717) is 0 Å². The summed E-state index contributed by atoms with van der Waals surface area (Å²) in [6.45, 7) is 5.31. The van der Waals surface area contributed by atoms with Crippen LogP contribution in [-0.4, -0.2) is 72.3 Å². The van der Waals surface area contributed by atoms with E-state index in [1.165, 1.54) is 11.3 Å². The molecule has 2 N–H and O–H groups in total. The van der Waals surface area contributed by atoms with E-state index < -0.39 is 11.9 Å². The first-order valence-corrected chi connectivity index (χ1v) is 8.97. The number of aliphatic carboxylic acids is 2. The maximum atomic E-state index is 9.10. The molecular formula is C20H26N4O4. The summed E-state index contributed by atoms with van der Waals surface area (Å²) < 4.78 is 0. The molecule has 0 amide bonds. The standard InChI is InChI=1S/C18H24N4.C2H2O4/c1-20(2)17-8-6-16(7-9-17)15-21-11-13-22(14-12-21)18-5-3-4-10-19-18;3-1(4)2(5)6/h3-10H,11-15H2,1-2H3;(H,3,4)(H,5,6). The van der Waals surface area contributed by atoms with E-state index in [1.54, 1.807) is 0 Å². The average Bonchev–Trinajstić information content (AvgIpc) is 2.70. The number of aromatic nitrogens is 1. The summed E-state index contributed by atoms with van der Waals surface area (Å²) in [6, 6.07) is 15.0. The predicted octanol–water partition coefficient (Wildman–Crippen LogP) is 1.63. The van der Waals surface area contributed by atoms with Crippen LogP contribution in [0.15, 0.2) is 48.7 Å². The lowest BCUT2D eigenvalue weighted by Gasteiger charge is -2.35. The van der Waals surface area contributed by atoms with E-state index in [2.05, 4.69) is 70.2 Å². The molecule has 1 aromatic heterocycles. The lowest BCUT2D eigenvalue weighted by Crippen LogP contribution is -2.46. The number of hydrogen-bond donors (Lipinski definition) is 2. The fourth-order valence-electron chi connectivity index (χ4n) is 2.83. The molecule has 1 aliphatic heterocycles. The molecule has 3 rings (SSSR count). The van der Waals surface area contributed by atoms with Crippen LogP contribution in [0.3, 0.4) is 0 Å². The van der Waals surface area contributed by atoms with E-state index >= 15 is 0 Å². The van der Waals surface area contributed by atoms with Gasteiger partial charge in [0.2, 0.25) is 0 Å². The highest BCUT2D eigenvalue weighted by atomic mass is 16.4. The number of piperazine rings is 1. The van der Waals surface area contributed by atoms with E-state index in [1.807, 2.05) is 12.3 Å². The Kier molecular flexibility index (Phi) is 7.76. The number of carboxylic acids is 2. The van der Waals surface area contributed by atoms with Gasteiger partial charge in [0.15, 0.2) is 0 Å². The van der Waals surface area contributed by atoms with Crippen LogP contribution in [0.4, 0.5) is 11.5 Å². The minimum absolute atomic E-state index is 1.03. The quantitative estimate of drug-likeness (QED) is 0.766. The minimum Gasteiger partial charge on any atom is -0.473 e. The smallest absolute Gasteiger partial charge is 0.414 e. The van der Waals surface area contributed by atoms with Crippen molar-refractivity contribution in [1.82, 2.24) is 9.88 Å². The Bertz CT molecular complexity index is 746. The average molecular weight is 386 g/mol. The van der Waals surface area contributed by atoms with Crippen molar-refractivity contribution >= 4 is 23.4 Å². The molecule has 1 fully saturated rings. The van der Waals surface area contributed by atoms with Crippen LogP contribution in [0, 0.1) is 0 Å². The maximum Gasteiger partial charge on any atom is 0.414 e. The van der Waals surface area contributed by atoms with E-state index in [0.717, 1.165) is 38.5 Å². The van der Waals surface area contributed by atoms with Crippen molar-refractivity contribution in [3.63, 3.8) is 0 Å². The molecule has 2 heterocycles. The molecule has 0 unspecified atom stereocenters. The summed E-state index contributed by atoms with van der Waals surface area (Å²) in [7, 11) is 4.15. The molecule has 1 aromatic carbocycles. The van der Waals surface area contributed by atoms with Crippen molar-refractivity contribution < 1.29 is 19.8 Å². The lowest BCUT2D eigenvalue weighted by molar-refractivity contribution is -0.159. The summed E-state index contributed by atoms with van der Waals surface area (Å²) >= 11 is 0. The fraction of sp³-hybridized carbons (Fsp3) is 0.350. The van der Waals surface area contributed by atoms with Gasteiger partial charge in [-0.3, -0.25) is 4.90 Å². The minimum atomic E-state index is -1.82. The van der Waals surface area contributed by atoms with E-state index in [4.69, 9.17) is 19.8 Å². The highest BCUT2D eigenvalue weighted by Gasteiger charge is 2.17. The van der Waals surface area contributed by atoms with Gasteiger partial charge in [-0.1, -0.05) is 18.2 Å². The van der Waals surface area contributed by atoms with Crippen LogP contribution in [0.2, 0.25) is 0 Å². The van der Waals surface area contributed by atoms with Gasteiger partial charge in [-0.2, -0.15) is 0 Å². The zero-order chi connectivity index (χ0) is 20.5. The maximum absolute atomic E-state index is 9.10. The zero-order valence-corrected chi connectivity index (χ0v) is 16.2. The molecule has 8 nitrogen and oxygen atoms in total. The van der Waals surface area contributed by atoms with Crippen LogP contribution < -0.4 is 9.80 Å². The fourth-order valence-corrected chi connectivity index (χ4v) is 2.83. The second-order valence-electron chi connectivity index (χ2n) is 6.62. The molecule has 0 atom stereocenters. The first-order chi connectivity index (χ1) is 13.4. The van der Waals surface area contributed by atoms with Crippen molar-refractivity contribution in [1.29, 1.82) is 0 Å². The second kappa shape index (κ2) is 10.3. The Labute approximate surface area is 164 Å². The molecule has 1 saturated heterocycles. The van der Waals surface area contributed by atoms with Gasteiger partial charge in [-0.25, -0.2) is 14.6 Å². The predicted molar refractivity (Wildman–Crippen MR) is 108 cm³/mol. The summed E-state index contributed by atoms with van der Waals surface area (Å²) in [5, 5.41) is 14.8. The molecule has 0 saturated carbocycles. The molecule has 0 spiro atoms. The number of anilines is 2. The number of carbonyl (C=O) groups is 2. The summed E-state index contributed by atoms with van der Waals surface area (Å²) in [4.78, 5) is 29.7. The molecule has 0 radical (unpaired) electrons. The van der Waals surface area contributed by atoms with Crippen molar-refractivity contribution in [2.45, 2.75) is 6.54 Å². The van der Waals surface area contributed by atoms with Crippen molar-refractivity contribution in [2.24, 2.45) is 0 Å². The van der Waals surface area contributed by atoms with Gasteiger partial charge in [0.1, 0.15) is 5.82 Å². The van der Waals surface area contributed by atoms with Crippen molar-refractivity contribution in [3.8, 4) is 0 Å². The second-order valence-corrected chi connectivity index (χ2v) is 6.62. The van der Waals surface area contributed by atoms with Gasteiger partial charge in [0.05, 0.1) is 0 Å². The highest BCUT2D eigenvalue weighted by molar-refractivity contribution is 6.27. The van der Waals surface area contributed by atoms with E-state index in [9.17, 15) is 0 Å². The van der Waals surface area contributed by atoms with Crippen LogP contribution in [0.25, 0.3) is 0 Å². The van der Waals surface area contributed by atoms with Crippen LogP contribution in [0.5, 0.6) is 0 Å². The third kappa shape index (κ3) is 6.55. The Balaban J connectivity index is 0.000000409. The molecule has 1 aliphatic rings. The zero-order valence-electron chi connectivity index (χ0n) is 16.2. The molecular weight excluding hydrogens is 360 g/mol. The number of rotatable bonds is 4. The Hall–Kier alpha value is -3.13. The highest BCUT2D eigenvalue weighted by Crippen LogP contribution is 2.16. The molecule has 0 bridgehead atoms. The molecule has 8 heteroatoms. The first kappa shape index (κ1) is 21.2. The number of carboxylic acid groups (broad SMARTS) is 2. The number of hydrogen-bond acceptors (Lipinski definition) is 6. The lowest BCUT2D eigenvalue weighted by atomic mass is 10.1. The summed E-state index contributed by atoms with van der Waals surface area (Å²) in [6.07, 6.45) is 1.87. The number of nitrogens with zero attached hydrogens (tertiary/aromatic N) is 4. The van der Waals surface area contributed by atoms with Crippen LogP contribution in [0.1, 0.15) is 5.56 Å². The van der Waals surface area contributed by atoms with Crippen LogP contribution in [-0.2, 0) is 16.1 Å². The Morgan fingerprint density at radius 3 is 2.04 bits per heavy atom. The summed E-state index contributed by atoms with van der Waals surface area (Å²) in [5.74, 6) is -2.55. The third-order valence-corrected chi connectivity index (χ3v) is 4.39. The van der Waals surface area contributed by atoms with Gasteiger partial charge in [0, 0.05) is 58.7 Å².